The van der Waals surface area contributed by atoms with Crippen molar-refractivity contribution in [2.24, 2.45) is 0 Å². The number of oxazole rings is 1. The van der Waals surface area contributed by atoms with Crippen molar-refractivity contribution >= 4 is 72.0 Å². The van der Waals surface area contributed by atoms with E-state index in [-0.39, 0.29) is 0 Å². The molecule has 11 aromatic rings. The Bertz CT molecular complexity index is 3160. The molecule has 5 nitrogen and oxygen atoms in total. The van der Waals surface area contributed by atoms with Gasteiger partial charge in [0.25, 0.3) is 0 Å². The first-order valence-corrected chi connectivity index (χ1v) is 18.0. The fraction of sp³-hybridized carbons (Fsp3) is 0. The second-order valence-electron chi connectivity index (χ2n) is 13.5. The highest BCUT2D eigenvalue weighted by molar-refractivity contribution is 6.17. The van der Waals surface area contributed by atoms with Crippen LogP contribution in [0.3, 0.4) is 0 Å². The van der Waals surface area contributed by atoms with Gasteiger partial charge < -0.3 is 18.2 Å². The molecule has 0 bridgehead atoms. The van der Waals surface area contributed by atoms with Crippen molar-refractivity contribution in [1.82, 2.24) is 4.98 Å². The molecule has 3 heterocycles. The van der Waals surface area contributed by atoms with Crippen LogP contribution in [-0.4, -0.2) is 4.98 Å². The molecular formula is C49H30N2O3. The van der Waals surface area contributed by atoms with Crippen LogP contribution in [0, 0.1) is 0 Å². The SMILES string of the molecule is c1ccc(-c2cccc(N(c3ccc(-c4cccc5c4oc4ccccc45)cc3)c3ccc4oc5ccc6oc(-c7ccccc7)nc6c5c4c3)c2)cc1. The summed E-state index contributed by atoms with van der Waals surface area (Å²) in [6, 6.07) is 62.8. The van der Waals surface area contributed by atoms with E-state index in [2.05, 4.69) is 126 Å². The van der Waals surface area contributed by atoms with Crippen LogP contribution in [0.2, 0.25) is 0 Å². The number of furan rings is 2. The molecule has 0 N–H and O–H groups in total. The summed E-state index contributed by atoms with van der Waals surface area (Å²) in [7, 11) is 0. The Balaban J connectivity index is 1.08. The summed E-state index contributed by atoms with van der Waals surface area (Å²) in [6.45, 7) is 0. The molecule has 254 valence electrons. The minimum Gasteiger partial charge on any atom is -0.456 e. The van der Waals surface area contributed by atoms with Crippen LogP contribution >= 0.6 is 0 Å². The molecule has 0 atom stereocenters. The average Bonchev–Trinajstić information content (AvgIpc) is 3.95. The van der Waals surface area contributed by atoms with E-state index in [1.165, 1.54) is 0 Å². The highest BCUT2D eigenvalue weighted by Gasteiger charge is 2.20. The summed E-state index contributed by atoms with van der Waals surface area (Å²) < 4.78 is 19.1. The summed E-state index contributed by atoms with van der Waals surface area (Å²) in [5.41, 5.74) is 13.3. The summed E-state index contributed by atoms with van der Waals surface area (Å²) in [5, 5.41) is 4.14. The first-order chi connectivity index (χ1) is 26.7. The van der Waals surface area contributed by atoms with Gasteiger partial charge in [0.1, 0.15) is 27.8 Å². The normalized spacial score (nSPS) is 11.7. The predicted octanol–water partition coefficient (Wildman–Crippen LogP) is 14.1. The van der Waals surface area contributed by atoms with Gasteiger partial charge in [0.15, 0.2) is 5.58 Å². The van der Waals surface area contributed by atoms with Crippen LogP contribution in [0.15, 0.2) is 195 Å². The van der Waals surface area contributed by atoms with Crippen LogP contribution in [0.1, 0.15) is 0 Å². The van der Waals surface area contributed by atoms with Crippen LogP contribution < -0.4 is 4.90 Å². The molecule has 0 aliphatic rings. The summed E-state index contributed by atoms with van der Waals surface area (Å²) in [4.78, 5) is 7.30. The predicted molar refractivity (Wildman–Crippen MR) is 220 cm³/mol. The maximum absolute atomic E-state index is 6.41. The Kier molecular flexibility index (Phi) is 6.79. The zero-order valence-corrected chi connectivity index (χ0v) is 28.9. The molecule has 0 aliphatic carbocycles. The zero-order valence-electron chi connectivity index (χ0n) is 28.9. The van der Waals surface area contributed by atoms with Gasteiger partial charge in [-0.2, -0.15) is 0 Å². The molecule has 0 amide bonds. The van der Waals surface area contributed by atoms with Gasteiger partial charge in [-0.1, -0.05) is 109 Å². The van der Waals surface area contributed by atoms with Gasteiger partial charge in [-0.05, 0) is 89.5 Å². The molecule has 11 rings (SSSR count). The highest BCUT2D eigenvalue weighted by atomic mass is 16.4. The number of hydrogen-bond acceptors (Lipinski definition) is 5. The Hall–Kier alpha value is -7.37. The van der Waals surface area contributed by atoms with Crippen LogP contribution in [0.4, 0.5) is 17.1 Å². The number of nitrogens with zero attached hydrogens (tertiary/aromatic N) is 2. The van der Waals surface area contributed by atoms with Crippen molar-refractivity contribution in [2.75, 3.05) is 4.90 Å². The molecule has 0 fully saturated rings. The van der Waals surface area contributed by atoms with Gasteiger partial charge in [0.2, 0.25) is 5.89 Å². The van der Waals surface area contributed by atoms with E-state index in [9.17, 15) is 0 Å². The number of aromatic nitrogens is 1. The Morgan fingerprint density at radius 1 is 0.370 bits per heavy atom. The van der Waals surface area contributed by atoms with Crippen molar-refractivity contribution in [2.45, 2.75) is 0 Å². The standard InChI is InChI=1S/C49H30N2O3/c1-3-11-31(12-4-1)34-15-9-16-36(29-34)51(35-23-21-32(22-24-35)38-18-10-19-40-39-17-7-8-20-42(39)53-48(38)40)37-25-26-43-41(30-37)46-44(52-43)27-28-45-47(46)50-49(54-45)33-13-5-2-6-14-33/h1-30H. The molecule has 0 spiro atoms. The molecular weight excluding hydrogens is 665 g/mol. The topological polar surface area (TPSA) is 55.6 Å². The maximum Gasteiger partial charge on any atom is 0.227 e. The van der Waals surface area contributed by atoms with Crippen LogP contribution in [0.5, 0.6) is 0 Å². The molecule has 54 heavy (non-hydrogen) atoms. The smallest absolute Gasteiger partial charge is 0.227 e. The summed E-state index contributed by atoms with van der Waals surface area (Å²) in [5.74, 6) is 0.585. The molecule has 5 heteroatoms. The lowest BCUT2D eigenvalue weighted by Crippen LogP contribution is -2.10. The molecule has 0 unspecified atom stereocenters. The zero-order chi connectivity index (χ0) is 35.6. The van der Waals surface area contributed by atoms with Gasteiger partial charge in [-0.3, -0.25) is 0 Å². The quantitative estimate of drug-likeness (QED) is 0.173. The third-order valence-electron chi connectivity index (χ3n) is 10.3. The molecule has 3 aromatic heterocycles. The summed E-state index contributed by atoms with van der Waals surface area (Å²) in [6.07, 6.45) is 0. The highest BCUT2D eigenvalue weighted by Crippen LogP contribution is 2.43. The Morgan fingerprint density at radius 2 is 1.02 bits per heavy atom. The first-order valence-electron chi connectivity index (χ1n) is 18.0. The second-order valence-corrected chi connectivity index (χ2v) is 13.5. The van der Waals surface area contributed by atoms with E-state index >= 15 is 0 Å². The largest absolute Gasteiger partial charge is 0.456 e. The lowest BCUT2D eigenvalue weighted by Gasteiger charge is -2.26. The molecule has 0 saturated heterocycles. The fourth-order valence-electron chi connectivity index (χ4n) is 7.75. The van der Waals surface area contributed by atoms with Crippen molar-refractivity contribution in [3.63, 3.8) is 0 Å². The van der Waals surface area contributed by atoms with Crippen molar-refractivity contribution in [3.05, 3.63) is 182 Å². The maximum atomic E-state index is 6.41. The number of para-hydroxylation sites is 2. The monoisotopic (exact) mass is 694 g/mol. The van der Waals surface area contributed by atoms with Crippen LogP contribution in [-0.2, 0) is 0 Å². The number of benzene rings is 8. The van der Waals surface area contributed by atoms with Crippen molar-refractivity contribution in [3.8, 4) is 33.7 Å². The van der Waals surface area contributed by atoms with E-state index in [1.807, 2.05) is 60.7 Å². The average molecular weight is 695 g/mol. The lowest BCUT2D eigenvalue weighted by molar-refractivity contribution is 0.619. The van der Waals surface area contributed by atoms with Crippen LogP contribution in [0.25, 0.3) is 88.7 Å². The van der Waals surface area contributed by atoms with Gasteiger partial charge in [0.05, 0.1) is 5.39 Å². The number of fused-ring (bicyclic) bond motifs is 8. The molecule has 0 radical (unpaired) electrons. The first kappa shape index (κ1) is 30.3. The third kappa shape index (κ3) is 4.90. The number of rotatable bonds is 6. The Morgan fingerprint density at radius 3 is 1.87 bits per heavy atom. The molecule has 0 aliphatic heterocycles. The fourth-order valence-corrected chi connectivity index (χ4v) is 7.75. The molecule has 8 aromatic carbocycles. The van der Waals surface area contributed by atoms with E-state index < -0.39 is 0 Å². The third-order valence-corrected chi connectivity index (χ3v) is 10.3. The van der Waals surface area contributed by atoms with E-state index in [0.29, 0.717) is 5.89 Å². The van der Waals surface area contributed by atoms with E-state index in [4.69, 9.17) is 18.2 Å². The lowest BCUT2D eigenvalue weighted by atomic mass is 10.0. The van der Waals surface area contributed by atoms with Gasteiger partial charge in [-0.15, -0.1) is 0 Å². The molecule has 0 saturated carbocycles. The number of hydrogen-bond donors (Lipinski definition) is 0. The van der Waals surface area contributed by atoms with Gasteiger partial charge >= 0.3 is 0 Å². The number of anilines is 3. The van der Waals surface area contributed by atoms with Crippen molar-refractivity contribution < 1.29 is 13.3 Å². The van der Waals surface area contributed by atoms with Gasteiger partial charge in [-0.25, -0.2) is 4.98 Å². The summed E-state index contributed by atoms with van der Waals surface area (Å²) >= 11 is 0. The van der Waals surface area contributed by atoms with E-state index in [0.717, 1.165) is 99.9 Å². The van der Waals surface area contributed by atoms with Crippen molar-refractivity contribution in [1.29, 1.82) is 0 Å². The Labute approximate surface area is 309 Å². The van der Waals surface area contributed by atoms with E-state index in [1.54, 1.807) is 0 Å². The minimum absolute atomic E-state index is 0.585. The second kappa shape index (κ2) is 12.1. The van der Waals surface area contributed by atoms with Gasteiger partial charge in [0, 0.05) is 44.3 Å². The minimum atomic E-state index is 0.585.